The van der Waals surface area contributed by atoms with Crippen LogP contribution in [0.4, 0.5) is 4.39 Å². The number of hydrogen-bond acceptors (Lipinski definition) is 3. The molecule has 0 aliphatic rings. The third kappa shape index (κ3) is 3.37. The van der Waals surface area contributed by atoms with Crippen molar-refractivity contribution in [3.63, 3.8) is 0 Å². The van der Waals surface area contributed by atoms with Crippen LogP contribution in [0, 0.1) is 5.82 Å². The van der Waals surface area contributed by atoms with Gasteiger partial charge in [-0.15, -0.1) is 0 Å². The van der Waals surface area contributed by atoms with E-state index in [2.05, 4.69) is 4.98 Å². The summed E-state index contributed by atoms with van der Waals surface area (Å²) in [5.74, 6) is 0.0158. The topological polar surface area (TPSA) is 42.4 Å². The van der Waals surface area contributed by atoms with Crippen LogP contribution in [0.3, 0.4) is 0 Å². The van der Waals surface area contributed by atoms with Gasteiger partial charge in [0.25, 0.3) is 5.91 Å². The minimum Gasteiger partial charge on any atom is -0.481 e. The van der Waals surface area contributed by atoms with Crippen LogP contribution in [0.25, 0.3) is 0 Å². The number of pyridine rings is 1. The van der Waals surface area contributed by atoms with Gasteiger partial charge in [0, 0.05) is 19.3 Å². The van der Waals surface area contributed by atoms with Gasteiger partial charge in [-0.05, 0) is 30.7 Å². The first-order valence-electron chi connectivity index (χ1n) is 6.55. The van der Waals surface area contributed by atoms with Gasteiger partial charge in [0.2, 0.25) is 5.88 Å². The smallest absolute Gasteiger partial charge is 0.255 e. The summed E-state index contributed by atoms with van der Waals surface area (Å²) < 4.78 is 17.9. The van der Waals surface area contributed by atoms with Crippen molar-refractivity contribution in [2.45, 2.75) is 13.0 Å². The zero-order chi connectivity index (χ0) is 15.4. The van der Waals surface area contributed by atoms with Gasteiger partial charge in [0.15, 0.2) is 0 Å². The van der Waals surface area contributed by atoms with Gasteiger partial charge in [0.1, 0.15) is 5.82 Å². The first-order valence-corrected chi connectivity index (χ1v) is 6.55. The Morgan fingerprint density at radius 2 is 1.90 bits per heavy atom. The lowest BCUT2D eigenvalue weighted by Crippen LogP contribution is -2.29. The van der Waals surface area contributed by atoms with Gasteiger partial charge < -0.3 is 9.64 Å². The van der Waals surface area contributed by atoms with Crippen molar-refractivity contribution < 1.29 is 13.9 Å². The van der Waals surface area contributed by atoms with Crippen molar-refractivity contribution in [2.24, 2.45) is 0 Å². The Balaban J connectivity index is 2.15. The molecule has 110 valence electrons. The third-order valence-electron chi connectivity index (χ3n) is 3.45. The highest BCUT2D eigenvalue weighted by atomic mass is 19.1. The maximum absolute atomic E-state index is 12.9. The lowest BCUT2D eigenvalue weighted by Gasteiger charge is -2.25. The third-order valence-corrected chi connectivity index (χ3v) is 3.45. The molecular weight excluding hydrogens is 271 g/mol. The quantitative estimate of drug-likeness (QED) is 0.868. The molecule has 0 aliphatic heterocycles. The minimum atomic E-state index is -0.292. The monoisotopic (exact) mass is 288 g/mol. The molecule has 1 unspecified atom stereocenters. The lowest BCUT2D eigenvalue weighted by molar-refractivity contribution is 0.0742. The molecule has 0 fully saturated rings. The standard InChI is InChI=1S/C16H17FN2O2/c1-11(12-4-7-14(17)8-5-12)19(2)16(20)13-6-9-15(21-3)18-10-13/h4-11H,1-3H3. The molecule has 0 spiro atoms. The number of methoxy groups -OCH3 is 1. The van der Waals surface area contributed by atoms with E-state index in [-0.39, 0.29) is 17.8 Å². The predicted octanol–water partition coefficient (Wildman–Crippen LogP) is 3.06. The fourth-order valence-electron chi connectivity index (χ4n) is 1.97. The molecule has 5 heteroatoms. The molecule has 2 rings (SSSR count). The van der Waals surface area contributed by atoms with Gasteiger partial charge in [-0.3, -0.25) is 4.79 Å². The Bertz CT molecular complexity index is 611. The summed E-state index contributed by atoms with van der Waals surface area (Å²) in [4.78, 5) is 18.0. The normalized spacial score (nSPS) is 11.8. The minimum absolute atomic E-state index is 0.151. The van der Waals surface area contributed by atoms with Crippen LogP contribution in [0.15, 0.2) is 42.6 Å². The molecule has 1 heterocycles. The summed E-state index contributed by atoms with van der Waals surface area (Å²) in [7, 11) is 3.23. The molecule has 4 nitrogen and oxygen atoms in total. The molecular formula is C16H17FN2O2. The van der Waals surface area contributed by atoms with E-state index < -0.39 is 0 Å². The Kier molecular flexibility index (Phi) is 4.52. The zero-order valence-corrected chi connectivity index (χ0v) is 12.2. The first-order chi connectivity index (χ1) is 10.0. The Hall–Kier alpha value is -2.43. The van der Waals surface area contributed by atoms with Crippen LogP contribution in [-0.4, -0.2) is 29.9 Å². The van der Waals surface area contributed by atoms with E-state index in [0.717, 1.165) is 5.56 Å². The van der Waals surface area contributed by atoms with Crippen LogP contribution in [0.1, 0.15) is 28.9 Å². The maximum atomic E-state index is 12.9. The van der Waals surface area contributed by atoms with Crippen LogP contribution in [0.2, 0.25) is 0 Å². The van der Waals surface area contributed by atoms with Gasteiger partial charge in [-0.1, -0.05) is 12.1 Å². The average Bonchev–Trinajstić information content (AvgIpc) is 2.53. The molecule has 0 bridgehead atoms. The molecule has 1 aromatic carbocycles. The van der Waals surface area contributed by atoms with Gasteiger partial charge in [0.05, 0.1) is 18.7 Å². The molecule has 0 N–H and O–H groups in total. The summed E-state index contributed by atoms with van der Waals surface area (Å²) in [6.07, 6.45) is 1.48. The second-order valence-electron chi connectivity index (χ2n) is 4.73. The Labute approximate surface area is 123 Å². The molecule has 1 amide bonds. The van der Waals surface area contributed by atoms with Crippen LogP contribution in [-0.2, 0) is 0 Å². The highest BCUT2D eigenvalue weighted by molar-refractivity contribution is 5.94. The highest BCUT2D eigenvalue weighted by Gasteiger charge is 2.19. The summed E-state index contributed by atoms with van der Waals surface area (Å²) in [6.45, 7) is 1.89. The number of amides is 1. The molecule has 21 heavy (non-hydrogen) atoms. The number of ether oxygens (including phenoxy) is 1. The second-order valence-corrected chi connectivity index (χ2v) is 4.73. The van der Waals surface area contributed by atoms with Crippen molar-refractivity contribution >= 4 is 5.91 Å². The molecule has 0 saturated carbocycles. The fraction of sp³-hybridized carbons (Fsp3) is 0.250. The largest absolute Gasteiger partial charge is 0.481 e. The molecule has 1 aromatic heterocycles. The van der Waals surface area contributed by atoms with E-state index in [4.69, 9.17) is 4.74 Å². The number of nitrogens with zero attached hydrogens (tertiary/aromatic N) is 2. The average molecular weight is 288 g/mol. The van der Waals surface area contributed by atoms with E-state index in [9.17, 15) is 9.18 Å². The van der Waals surface area contributed by atoms with Gasteiger partial charge in [-0.25, -0.2) is 9.37 Å². The number of carbonyl (C=O) groups is 1. The number of halogens is 1. The van der Waals surface area contributed by atoms with Gasteiger partial charge >= 0.3 is 0 Å². The predicted molar refractivity (Wildman–Crippen MR) is 77.7 cm³/mol. The summed E-state index contributed by atoms with van der Waals surface area (Å²) in [6, 6.07) is 9.27. The number of aromatic nitrogens is 1. The molecule has 2 aromatic rings. The molecule has 1 atom stereocenters. The molecule has 0 aliphatic carbocycles. The van der Waals surface area contributed by atoms with Crippen LogP contribution >= 0.6 is 0 Å². The van der Waals surface area contributed by atoms with Crippen LogP contribution < -0.4 is 4.74 Å². The number of hydrogen-bond donors (Lipinski definition) is 0. The van der Waals surface area contributed by atoms with Crippen molar-refractivity contribution in [3.8, 4) is 5.88 Å². The fourth-order valence-corrected chi connectivity index (χ4v) is 1.97. The van der Waals surface area contributed by atoms with E-state index in [0.29, 0.717) is 11.4 Å². The van der Waals surface area contributed by atoms with E-state index in [1.807, 2.05) is 6.92 Å². The summed E-state index contributed by atoms with van der Waals surface area (Å²) in [5, 5.41) is 0. The Morgan fingerprint density at radius 3 is 2.43 bits per heavy atom. The van der Waals surface area contributed by atoms with E-state index >= 15 is 0 Å². The maximum Gasteiger partial charge on any atom is 0.255 e. The lowest BCUT2D eigenvalue weighted by atomic mass is 10.1. The van der Waals surface area contributed by atoms with Crippen molar-refractivity contribution in [3.05, 3.63) is 59.5 Å². The number of carbonyl (C=O) groups excluding carboxylic acids is 1. The van der Waals surface area contributed by atoms with E-state index in [1.54, 1.807) is 36.2 Å². The van der Waals surface area contributed by atoms with Gasteiger partial charge in [-0.2, -0.15) is 0 Å². The highest BCUT2D eigenvalue weighted by Crippen LogP contribution is 2.21. The summed E-state index contributed by atoms with van der Waals surface area (Å²) in [5.41, 5.74) is 1.35. The Morgan fingerprint density at radius 1 is 1.24 bits per heavy atom. The van der Waals surface area contributed by atoms with Crippen LogP contribution in [0.5, 0.6) is 5.88 Å². The number of rotatable bonds is 4. The SMILES string of the molecule is COc1ccc(C(=O)N(C)C(C)c2ccc(F)cc2)cn1. The first kappa shape index (κ1) is 15.0. The summed E-state index contributed by atoms with van der Waals surface area (Å²) >= 11 is 0. The number of benzene rings is 1. The zero-order valence-electron chi connectivity index (χ0n) is 12.2. The second kappa shape index (κ2) is 6.35. The molecule has 0 saturated heterocycles. The van der Waals surface area contributed by atoms with Crippen molar-refractivity contribution in [2.75, 3.05) is 14.2 Å². The van der Waals surface area contributed by atoms with E-state index in [1.165, 1.54) is 25.4 Å². The molecule has 0 radical (unpaired) electrons. The van der Waals surface area contributed by atoms with Crippen molar-refractivity contribution in [1.82, 2.24) is 9.88 Å². The van der Waals surface area contributed by atoms with Crippen molar-refractivity contribution in [1.29, 1.82) is 0 Å².